The van der Waals surface area contributed by atoms with Crippen molar-refractivity contribution in [1.82, 2.24) is 9.55 Å². The normalized spacial score (nSPS) is 11.2. The molecule has 0 aliphatic rings. The highest BCUT2D eigenvalue weighted by Crippen LogP contribution is 2.26. The lowest BCUT2D eigenvalue weighted by Crippen LogP contribution is -2.19. The molecule has 0 bridgehead atoms. The lowest BCUT2D eigenvalue weighted by atomic mass is 10.1. The van der Waals surface area contributed by atoms with E-state index in [0.717, 1.165) is 0 Å². The summed E-state index contributed by atoms with van der Waals surface area (Å²) in [5.74, 6) is -0.419. The van der Waals surface area contributed by atoms with Crippen molar-refractivity contribution in [2.24, 2.45) is 5.92 Å². The number of nitrogens with zero attached hydrogens (tertiary/aromatic N) is 3. The number of alkyl halides is 1. The van der Waals surface area contributed by atoms with Crippen LogP contribution in [0, 0.1) is 16.0 Å². The third kappa shape index (κ3) is 4.17. The minimum Gasteiger partial charge on any atom is -0.460 e. The molecule has 0 N–H and O–H groups in total. The average molecular weight is 318 g/mol. The Labute approximate surface area is 128 Å². The zero-order valence-electron chi connectivity index (χ0n) is 12.6. The van der Waals surface area contributed by atoms with Crippen LogP contribution in [-0.2, 0) is 11.3 Å². The smallest absolute Gasteiger partial charge is 0.397 e. The van der Waals surface area contributed by atoms with E-state index in [1.54, 1.807) is 4.57 Å². The van der Waals surface area contributed by atoms with Crippen molar-refractivity contribution in [1.29, 1.82) is 0 Å². The molecule has 0 aliphatic carbocycles. The van der Waals surface area contributed by atoms with E-state index in [0.29, 0.717) is 12.4 Å². The highest BCUT2D eigenvalue weighted by Gasteiger charge is 2.34. The van der Waals surface area contributed by atoms with Gasteiger partial charge < -0.3 is 14.9 Å². The van der Waals surface area contributed by atoms with Gasteiger partial charge in [0.05, 0.1) is 5.88 Å². The van der Waals surface area contributed by atoms with E-state index in [4.69, 9.17) is 16.3 Å². The van der Waals surface area contributed by atoms with Crippen LogP contribution in [0.3, 0.4) is 0 Å². The summed E-state index contributed by atoms with van der Waals surface area (Å²) in [6, 6.07) is 0. The van der Waals surface area contributed by atoms with Gasteiger partial charge in [-0.3, -0.25) is 4.57 Å². The Morgan fingerprint density at radius 1 is 1.43 bits per heavy atom. The number of imidazole rings is 1. The van der Waals surface area contributed by atoms with Gasteiger partial charge in [-0.2, -0.15) is 0 Å². The SMILES string of the molecule is CC(C)Cn1c(C(C)C)nc([N+](=O)[O-])c1C(=O)OCCCl. The fraction of sp³-hybridized carbons (Fsp3) is 0.692. The predicted molar refractivity (Wildman–Crippen MR) is 78.8 cm³/mol. The summed E-state index contributed by atoms with van der Waals surface area (Å²) < 4.78 is 6.53. The van der Waals surface area contributed by atoms with E-state index in [1.807, 2.05) is 27.7 Å². The Kier molecular flexibility index (Phi) is 6.14. The number of carbonyl (C=O) groups is 1. The Bertz CT molecular complexity index is 526. The number of esters is 1. The highest BCUT2D eigenvalue weighted by atomic mass is 35.5. The number of ether oxygens (including phenoxy) is 1. The molecule has 1 heterocycles. The van der Waals surface area contributed by atoms with Crippen molar-refractivity contribution < 1.29 is 14.5 Å². The van der Waals surface area contributed by atoms with E-state index in [2.05, 4.69) is 4.98 Å². The number of nitro groups is 1. The average Bonchev–Trinajstić information content (AvgIpc) is 2.74. The van der Waals surface area contributed by atoms with Gasteiger partial charge in [0.1, 0.15) is 6.61 Å². The number of aromatic nitrogens is 2. The van der Waals surface area contributed by atoms with Gasteiger partial charge in [0.15, 0.2) is 0 Å². The minimum atomic E-state index is -0.762. The molecule has 0 amide bonds. The summed E-state index contributed by atoms with van der Waals surface area (Å²) in [4.78, 5) is 26.7. The van der Waals surface area contributed by atoms with Gasteiger partial charge in [-0.1, -0.05) is 27.7 Å². The van der Waals surface area contributed by atoms with Gasteiger partial charge in [-0.05, 0) is 15.8 Å². The van der Waals surface area contributed by atoms with Crippen LogP contribution in [0.1, 0.15) is 49.9 Å². The number of hydrogen-bond donors (Lipinski definition) is 0. The molecule has 0 aliphatic heterocycles. The molecule has 1 aromatic heterocycles. The maximum absolute atomic E-state index is 12.1. The van der Waals surface area contributed by atoms with Crippen LogP contribution in [0.15, 0.2) is 0 Å². The summed E-state index contributed by atoms with van der Waals surface area (Å²) >= 11 is 5.48. The van der Waals surface area contributed by atoms with E-state index in [1.165, 1.54) is 0 Å². The minimum absolute atomic E-state index is 0.00140. The fourth-order valence-electron chi connectivity index (χ4n) is 1.98. The molecule has 21 heavy (non-hydrogen) atoms. The predicted octanol–water partition coefficient (Wildman–Crippen LogP) is 2.97. The molecule has 7 nitrogen and oxygen atoms in total. The molecule has 1 rings (SSSR count). The quantitative estimate of drug-likeness (QED) is 0.334. The lowest BCUT2D eigenvalue weighted by Gasteiger charge is -2.12. The number of carbonyl (C=O) groups excluding carboxylic acids is 1. The van der Waals surface area contributed by atoms with Gasteiger partial charge >= 0.3 is 11.8 Å². The molecule has 0 spiro atoms. The van der Waals surface area contributed by atoms with E-state index in [-0.39, 0.29) is 30.0 Å². The Hall–Kier alpha value is -1.63. The second kappa shape index (κ2) is 7.40. The first-order valence-electron chi connectivity index (χ1n) is 6.77. The Morgan fingerprint density at radius 3 is 2.48 bits per heavy atom. The number of hydrogen-bond acceptors (Lipinski definition) is 5. The zero-order valence-corrected chi connectivity index (χ0v) is 13.4. The topological polar surface area (TPSA) is 87.3 Å². The molecule has 8 heteroatoms. The molecule has 0 radical (unpaired) electrons. The summed E-state index contributed by atoms with van der Waals surface area (Å²) in [5, 5.41) is 11.2. The van der Waals surface area contributed by atoms with Crippen molar-refractivity contribution in [3.8, 4) is 0 Å². The first-order chi connectivity index (χ1) is 9.79. The molecule has 0 unspecified atom stereocenters. The van der Waals surface area contributed by atoms with E-state index >= 15 is 0 Å². The van der Waals surface area contributed by atoms with E-state index in [9.17, 15) is 14.9 Å². The molecule has 0 saturated heterocycles. The van der Waals surface area contributed by atoms with E-state index < -0.39 is 16.7 Å². The third-order valence-electron chi connectivity index (χ3n) is 2.72. The summed E-state index contributed by atoms with van der Waals surface area (Å²) in [5.41, 5.74) is -0.109. The van der Waals surface area contributed by atoms with Crippen molar-refractivity contribution in [3.63, 3.8) is 0 Å². The van der Waals surface area contributed by atoms with Gasteiger partial charge in [0, 0.05) is 12.5 Å². The molecule has 0 aromatic carbocycles. The first kappa shape index (κ1) is 17.4. The van der Waals surface area contributed by atoms with Crippen molar-refractivity contribution in [2.45, 2.75) is 40.2 Å². The summed E-state index contributed by atoms with van der Waals surface area (Å²) in [6.45, 7) is 8.13. The van der Waals surface area contributed by atoms with Crippen LogP contribution >= 0.6 is 11.6 Å². The monoisotopic (exact) mass is 317 g/mol. The number of rotatable bonds is 7. The fourth-order valence-corrected chi connectivity index (χ4v) is 2.05. The highest BCUT2D eigenvalue weighted by molar-refractivity contribution is 6.18. The largest absolute Gasteiger partial charge is 0.460 e. The molecule has 0 fully saturated rings. The van der Waals surface area contributed by atoms with Gasteiger partial charge in [-0.15, -0.1) is 11.6 Å². The van der Waals surface area contributed by atoms with Gasteiger partial charge in [0.25, 0.3) is 0 Å². The Balaban J connectivity index is 3.39. The maximum Gasteiger partial charge on any atom is 0.397 e. The van der Waals surface area contributed by atoms with Crippen LogP contribution in [0.4, 0.5) is 5.82 Å². The van der Waals surface area contributed by atoms with Gasteiger partial charge in [-0.25, -0.2) is 4.79 Å². The summed E-state index contributed by atoms with van der Waals surface area (Å²) in [7, 11) is 0. The van der Waals surface area contributed by atoms with Crippen molar-refractivity contribution in [2.75, 3.05) is 12.5 Å². The van der Waals surface area contributed by atoms with Crippen molar-refractivity contribution in [3.05, 3.63) is 21.6 Å². The van der Waals surface area contributed by atoms with Crippen LogP contribution in [-0.4, -0.2) is 32.9 Å². The lowest BCUT2D eigenvalue weighted by molar-refractivity contribution is -0.389. The van der Waals surface area contributed by atoms with Crippen LogP contribution in [0.2, 0.25) is 0 Å². The van der Waals surface area contributed by atoms with Crippen LogP contribution in [0.5, 0.6) is 0 Å². The number of halogens is 1. The van der Waals surface area contributed by atoms with Crippen molar-refractivity contribution >= 4 is 23.4 Å². The molecular formula is C13H20ClN3O4. The second-order valence-electron chi connectivity index (χ2n) is 5.38. The standard InChI is InChI=1S/C13H20ClN3O4/c1-8(2)7-16-10(13(18)21-6-5-14)12(17(19)20)15-11(16)9(3)4/h8-9H,5-7H2,1-4H3. The molecular weight excluding hydrogens is 298 g/mol. The zero-order chi connectivity index (χ0) is 16.2. The Morgan fingerprint density at radius 2 is 2.05 bits per heavy atom. The third-order valence-corrected chi connectivity index (χ3v) is 2.87. The molecule has 0 atom stereocenters. The molecule has 0 saturated carbocycles. The maximum atomic E-state index is 12.1. The van der Waals surface area contributed by atoms with Gasteiger partial charge in [0.2, 0.25) is 11.5 Å². The van der Waals surface area contributed by atoms with Crippen LogP contribution in [0.25, 0.3) is 0 Å². The molecule has 118 valence electrons. The second-order valence-corrected chi connectivity index (χ2v) is 5.76. The van der Waals surface area contributed by atoms with Crippen LogP contribution < -0.4 is 0 Å². The first-order valence-corrected chi connectivity index (χ1v) is 7.30. The molecule has 1 aromatic rings. The summed E-state index contributed by atoms with van der Waals surface area (Å²) in [6.07, 6.45) is 0.